The highest BCUT2D eigenvalue weighted by Gasteiger charge is 2.21. The monoisotopic (exact) mass is 409 g/mol. The molecule has 0 N–H and O–H groups in total. The molecule has 1 aliphatic rings. The summed E-state index contributed by atoms with van der Waals surface area (Å²) in [6.45, 7) is 4.96. The van der Waals surface area contributed by atoms with Crippen LogP contribution in [0.2, 0.25) is 0 Å². The van der Waals surface area contributed by atoms with Crippen molar-refractivity contribution in [3.63, 3.8) is 0 Å². The van der Waals surface area contributed by atoms with Crippen molar-refractivity contribution in [3.8, 4) is 17.0 Å². The minimum Gasteiger partial charge on any atom is -0.497 e. The second-order valence-electron chi connectivity index (χ2n) is 8.19. The quantitative estimate of drug-likeness (QED) is 0.463. The fourth-order valence-electron chi connectivity index (χ4n) is 4.59. The van der Waals surface area contributed by atoms with Gasteiger partial charge >= 0.3 is 0 Å². The van der Waals surface area contributed by atoms with E-state index in [9.17, 15) is 0 Å². The van der Waals surface area contributed by atoms with Gasteiger partial charge in [0, 0.05) is 42.9 Å². The molecule has 4 nitrogen and oxygen atoms in total. The normalized spacial score (nSPS) is 14.3. The number of nitrogens with zero attached hydrogens (tertiary/aromatic N) is 3. The van der Waals surface area contributed by atoms with E-state index in [2.05, 4.69) is 59.5 Å². The maximum atomic E-state index is 5.32. The Bertz CT molecular complexity index is 1210. The molecule has 0 fully saturated rings. The fraction of sp³-hybridized carbons (Fsp3) is 0.259. The number of ether oxygens (including phenoxy) is 1. The van der Waals surface area contributed by atoms with Gasteiger partial charge in [0.05, 0.1) is 12.8 Å². The molecule has 0 bridgehead atoms. The Balaban J connectivity index is 1.42. The topological polar surface area (TPSA) is 38.3 Å². The summed E-state index contributed by atoms with van der Waals surface area (Å²) in [7, 11) is 1.69. The molecule has 31 heavy (non-hydrogen) atoms. The van der Waals surface area contributed by atoms with E-state index in [1.807, 2.05) is 19.1 Å². The van der Waals surface area contributed by atoms with E-state index in [1.54, 1.807) is 7.11 Å². The number of benzene rings is 3. The van der Waals surface area contributed by atoms with Crippen LogP contribution in [0.3, 0.4) is 0 Å². The summed E-state index contributed by atoms with van der Waals surface area (Å²) < 4.78 is 5.32. The lowest BCUT2D eigenvalue weighted by Crippen LogP contribution is -2.26. The summed E-state index contributed by atoms with van der Waals surface area (Å²) in [6, 6.07) is 23.5. The van der Waals surface area contributed by atoms with Crippen molar-refractivity contribution in [3.05, 3.63) is 89.4 Å². The zero-order valence-corrected chi connectivity index (χ0v) is 18.1. The van der Waals surface area contributed by atoms with Crippen LogP contribution in [0.15, 0.2) is 66.7 Å². The van der Waals surface area contributed by atoms with Crippen LogP contribution < -0.4 is 4.74 Å². The van der Waals surface area contributed by atoms with Gasteiger partial charge in [-0.05, 0) is 53.9 Å². The van der Waals surface area contributed by atoms with Crippen LogP contribution in [0.4, 0.5) is 0 Å². The molecule has 4 heteroatoms. The molecule has 1 aliphatic heterocycles. The molecule has 0 amide bonds. The number of rotatable bonds is 4. The van der Waals surface area contributed by atoms with Crippen molar-refractivity contribution >= 4 is 10.8 Å². The molecule has 0 saturated carbocycles. The molecule has 0 aliphatic carbocycles. The molecule has 4 aromatic rings. The van der Waals surface area contributed by atoms with Crippen molar-refractivity contribution in [1.82, 2.24) is 14.9 Å². The number of hydrogen-bond donors (Lipinski definition) is 0. The van der Waals surface area contributed by atoms with Crippen molar-refractivity contribution in [2.45, 2.75) is 26.3 Å². The lowest BCUT2D eigenvalue weighted by atomic mass is 10.0. The highest BCUT2D eigenvalue weighted by atomic mass is 16.5. The molecular weight excluding hydrogens is 382 g/mol. The molecule has 0 spiro atoms. The largest absolute Gasteiger partial charge is 0.497 e. The van der Waals surface area contributed by atoms with Gasteiger partial charge in [-0.15, -0.1) is 0 Å². The number of aromatic nitrogens is 2. The minimum absolute atomic E-state index is 0.840. The van der Waals surface area contributed by atoms with E-state index in [0.29, 0.717) is 0 Å². The second kappa shape index (κ2) is 8.48. The van der Waals surface area contributed by atoms with Crippen molar-refractivity contribution < 1.29 is 4.74 Å². The van der Waals surface area contributed by atoms with Crippen LogP contribution >= 0.6 is 0 Å². The molecule has 0 saturated heterocycles. The third-order valence-corrected chi connectivity index (χ3v) is 6.18. The zero-order valence-electron chi connectivity index (χ0n) is 18.1. The number of methoxy groups -OCH3 is 1. The Morgan fingerprint density at radius 3 is 2.48 bits per heavy atom. The van der Waals surface area contributed by atoms with Gasteiger partial charge in [0.25, 0.3) is 0 Å². The summed E-state index contributed by atoms with van der Waals surface area (Å²) in [5.41, 5.74) is 6.07. The SMILES string of the molecule is COc1ccc(-c2nc(C)nc3c2CCN(Cc2cccc4ccccc24)CC3)cc1. The first-order chi connectivity index (χ1) is 15.2. The minimum atomic E-state index is 0.840. The van der Waals surface area contributed by atoms with E-state index in [4.69, 9.17) is 14.7 Å². The maximum absolute atomic E-state index is 5.32. The third kappa shape index (κ3) is 4.04. The number of aryl methyl sites for hydroxylation is 1. The Hall–Kier alpha value is -3.24. The average Bonchev–Trinajstić information content (AvgIpc) is 3.01. The highest BCUT2D eigenvalue weighted by Crippen LogP contribution is 2.29. The Morgan fingerprint density at radius 1 is 0.871 bits per heavy atom. The van der Waals surface area contributed by atoms with Gasteiger partial charge < -0.3 is 4.74 Å². The lowest BCUT2D eigenvalue weighted by molar-refractivity contribution is 0.280. The average molecular weight is 410 g/mol. The van der Waals surface area contributed by atoms with Gasteiger partial charge in [-0.3, -0.25) is 4.90 Å². The van der Waals surface area contributed by atoms with E-state index >= 15 is 0 Å². The smallest absolute Gasteiger partial charge is 0.126 e. The van der Waals surface area contributed by atoms with Crippen molar-refractivity contribution in [2.75, 3.05) is 20.2 Å². The summed E-state index contributed by atoms with van der Waals surface area (Å²) in [4.78, 5) is 12.2. The van der Waals surface area contributed by atoms with Gasteiger partial charge in [0.2, 0.25) is 0 Å². The molecule has 2 heterocycles. The third-order valence-electron chi connectivity index (χ3n) is 6.18. The molecular formula is C27H27N3O. The van der Waals surface area contributed by atoms with E-state index in [1.165, 1.54) is 27.6 Å². The Morgan fingerprint density at radius 2 is 1.65 bits per heavy atom. The summed E-state index contributed by atoms with van der Waals surface area (Å²) >= 11 is 0. The van der Waals surface area contributed by atoms with Gasteiger partial charge in [0.15, 0.2) is 0 Å². The van der Waals surface area contributed by atoms with E-state index < -0.39 is 0 Å². The molecule has 1 aromatic heterocycles. The van der Waals surface area contributed by atoms with Gasteiger partial charge in [0.1, 0.15) is 11.6 Å². The molecule has 0 unspecified atom stereocenters. The second-order valence-corrected chi connectivity index (χ2v) is 8.19. The predicted molar refractivity (Wildman–Crippen MR) is 125 cm³/mol. The van der Waals surface area contributed by atoms with Gasteiger partial charge in [-0.2, -0.15) is 0 Å². The maximum Gasteiger partial charge on any atom is 0.126 e. The standard InChI is InChI=1S/C27H27N3O/c1-19-28-26-15-17-30(18-22-8-5-7-20-6-3-4-9-24(20)22)16-14-25(26)27(29-19)21-10-12-23(31-2)13-11-21/h3-13H,14-18H2,1-2H3. The number of fused-ring (bicyclic) bond motifs is 2. The first-order valence-corrected chi connectivity index (χ1v) is 10.9. The summed E-state index contributed by atoms with van der Waals surface area (Å²) in [6.07, 6.45) is 1.91. The summed E-state index contributed by atoms with van der Waals surface area (Å²) in [5.74, 6) is 1.70. The van der Waals surface area contributed by atoms with E-state index in [-0.39, 0.29) is 0 Å². The molecule has 3 aromatic carbocycles. The van der Waals surface area contributed by atoms with Crippen molar-refractivity contribution in [2.24, 2.45) is 0 Å². The first-order valence-electron chi connectivity index (χ1n) is 10.9. The molecule has 0 radical (unpaired) electrons. The molecule has 5 rings (SSSR count). The van der Waals surface area contributed by atoms with Gasteiger partial charge in [-0.25, -0.2) is 9.97 Å². The van der Waals surface area contributed by atoms with Crippen LogP contribution in [0.25, 0.3) is 22.0 Å². The van der Waals surface area contributed by atoms with Crippen LogP contribution in [-0.4, -0.2) is 35.1 Å². The Kier molecular flexibility index (Phi) is 5.39. The zero-order chi connectivity index (χ0) is 21.2. The van der Waals surface area contributed by atoms with Crippen LogP contribution in [0.5, 0.6) is 5.75 Å². The van der Waals surface area contributed by atoms with E-state index in [0.717, 1.165) is 55.3 Å². The highest BCUT2D eigenvalue weighted by molar-refractivity contribution is 5.85. The predicted octanol–water partition coefficient (Wildman–Crippen LogP) is 5.21. The van der Waals surface area contributed by atoms with Crippen LogP contribution in [0, 0.1) is 6.92 Å². The fourth-order valence-corrected chi connectivity index (χ4v) is 4.59. The number of hydrogen-bond acceptors (Lipinski definition) is 4. The molecule has 0 atom stereocenters. The van der Waals surface area contributed by atoms with Crippen LogP contribution in [-0.2, 0) is 19.4 Å². The van der Waals surface area contributed by atoms with Gasteiger partial charge in [-0.1, -0.05) is 42.5 Å². The van der Waals surface area contributed by atoms with Crippen LogP contribution in [0.1, 0.15) is 22.6 Å². The molecule has 156 valence electrons. The lowest BCUT2D eigenvalue weighted by Gasteiger charge is -2.20. The summed E-state index contributed by atoms with van der Waals surface area (Å²) in [5, 5.41) is 2.66. The Labute approximate surface area is 183 Å². The van der Waals surface area contributed by atoms with Crippen molar-refractivity contribution in [1.29, 1.82) is 0 Å². The first kappa shape index (κ1) is 19.7.